The van der Waals surface area contributed by atoms with Gasteiger partial charge in [0.15, 0.2) is 0 Å². The molecular weight excluding hydrogens is 201 g/mol. The van der Waals surface area contributed by atoms with Gasteiger partial charge in [0.05, 0.1) is 22.7 Å². The topological polar surface area (TPSA) is 42.2 Å². The van der Waals surface area contributed by atoms with Crippen LogP contribution in [0.1, 0.15) is 47.0 Å². The first-order chi connectivity index (χ1) is 7.30. The van der Waals surface area contributed by atoms with Gasteiger partial charge in [0, 0.05) is 6.32 Å². The first-order valence-electron chi connectivity index (χ1n) is 6.07. The van der Waals surface area contributed by atoms with Gasteiger partial charge in [-0.1, -0.05) is 6.42 Å². The summed E-state index contributed by atoms with van der Waals surface area (Å²) in [4.78, 5) is 0. The second-order valence-electron chi connectivity index (χ2n) is 6.14. The molecule has 0 radical (unpaired) electrons. The van der Waals surface area contributed by atoms with Crippen molar-refractivity contribution in [1.82, 2.24) is 0 Å². The monoisotopic (exact) mass is 221 g/mol. The van der Waals surface area contributed by atoms with Crippen molar-refractivity contribution in [2.24, 2.45) is 5.41 Å². The molecule has 0 bridgehead atoms. The first kappa shape index (κ1) is 11.9. The minimum Gasteiger partial charge on any atom is -0.403 e. The van der Waals surface area contributed by atoms with Crippen LogP contribution in [0.15, 0.2) is 0 Å². The van der Waals surface area contributed by atoms with Crippen LogP contribution in [0.5, 0.6) is 0 Å². The molecule has 0 N–H and O–H groups in total. The van der Waals surface area contributed by atoms with Gasteiger partial charge in [0.2, 0.25) is 0 Å². The van der Waals surface area contributed by atoms with Crippen LogP contribution in [0.4, 0.5) is 0 Å². The van der Waals surface area contributed by atoms with Crippen LogP contribution in [-0.2, 0) is 9.31 Å². The Balaban J connectivity index is 2.02. The second kappa shape index (κ2) is 3.48. The molecule has 0 spiro atoms. The largest absolute Gasteiger partial charge is 0.459 e. The maximum absolute atomic E-state index is 9.20. The van der Waals surface area contributed by atoms with Crippen molar-refractivity contribution in [3.63, 3.8) is 0 Å². The standard InChI is InChI=1S/C12H20BNO2/c1-10(2)11(3,4)16-13(15-10)8-12(9-14)6-5-7-12/h5-8H2,1-4H3. The van der Waals surface area contributed by atoms with Crippen LogP contribution in [0, 0.1) is 16.7 Å². The predicted molar refractivity (Wildman–Crippen MR) is 62.8 cm³/mol. The third kappa shape index (κ3) is 1.76. The van der Waals surface area contributed by atoms with Crippen LogP contribution in [-0.4, -0.2) is 18.3 Å². The first-order valence-corrected chi connectivity index (χ1v) is 6.07. The summed E-state index contributed by atoms with van der Waals surface area (Å²) >= 11 is 0. The summed E-state index contributed by atoms with van der Waals surface area (Å²) in [5.41, 5.74) is -0.739. The molecule has 3 nitrogen and oxygen atoms in total. The molecular formula is C12H20BNO2. The quantitative estimate of drug-likeness (QED) is 0.673. The summed E-state index contributed by atoms with van der Waals surface area (Å²) in [5.74, 6) is 0. The summed E-state index contributed by atoms with van der Waals surface area (Å²) in [5, 5.41) is 9.20. The molecule has 2 aliphatic rings. The van der Waals surface area contributed by atoms with E-state index in [9.17, 15) is 5.26 Å². The molecule has 0 aromatic heterocycles. The number of rotatable bonds is 2. The van der Waals surface area contributed by atoms with Crippen LogP contribution >= 0.6 is 0 Å². The zero-order valence-electron chi connectivity index (χ0n) is 10.7. The third-order valence-corrected chi connectivity index (χ3v) is 4.41. The lowest BCUT2D eigenvalue weighted by molar-refractivity contribution is 0.00578. The van der Waals surface area contributed by atoms with Crippen molar-refractivity contribution in [1.29, 1.82) is 5.26 Å². The Morgan fingerprint density at radius 2 is 1.62 bits per heavy atom. The van der Waals surface area contributed by atoms with Gasteiger partial charge >= 0.3 is 7.12 Å². The third-order valence-electron chi connectivity index (χ3n) is 4.41. The van der Waals surface area contributed by atoms with Crippen molar-refractivity contribution in [3.05, 3.63) is 0 Å². The Labute approximate surface area is 98.3 Å². The molecule has 0 aromatic rings. The van der Waals surface area contributed by atoms with E-state index in [0.717, 1.165) is 25.6 Å². The summed E-state index contributed by atoms with van der Waals surface area (Å²) in [7, 11) is -0.218. The van der Waals surface area contributed by atoms with Gasteiger partial charge in [-0.15, -0.1) is 0 Å². The summed E-state index contributed by atoms with van der Waals surface area (Å²) in [6, 6.07) is 2.44. The van der Waals surface area contributed by atoms with Crippen LogP contribution in [0.25, 0.3) is 0 Å². The molecule has 16 heavy (non-hydrogen) atoms. The minimum atomic E-state index is -0.280. The highest BCUT2D eigenvalue weighted by Gasteiger charge is 2.54. The maximum Gasteiger partial charge on any atom is 0.459 e. The van der Waals surface area contributed by atoms with Crippen LogP contribution in [0.2, 0.25) is 6.32 Å². The van der Waals surface area contributed by atoms with Gasteiger partial charge in [-0.3, -0.25) is 0 Å². The lowest BCUT2D eigenvalue weighted by Gasteiger charge is -2.35. The maximum atomic E-state index is 9.20. The molecule has 4 heteroatoms. The van der Waals surface area contributed by atoms with E-state index in [2.05, 4.69) is 6.07 Å². The average Bonchev–Trinajstić information content (AvgIpc) is 2.28. The molecule has 2 rings (SSSR count). The smallest absolute Gasteiger partial charge is 0.403 e. The van der Waals surface area contributed by atoms with Crippen molar-refractivity contribution in [2.45, 2.75) is 64.5 Å². The van der Waals surface area contributed by atoms with E-state index in [0.29, 0.717) is 0 Å². The Morgan fingerprint density at radius 3 is 1.94 bits per heavy atom. The van der Waals surface area contributed by atoms with Crippen LogP contribution < -0.4 is 0 Å². The van der Waals surface area contributed by atoms with Crippen LogP contribution in [0.3, 0.4) is 0 Å². The highest BCUT2D eigenvalue weighted by Crippen LogP contribution is 2.48. The summed E-state index contributed by atoms with van der Waals surface area (Å²) in [6.07, 6.45) is 3.87. The Bertz CT molecular complexity index is 312. The molecule has 1 aliphatic heterocycles. The predicted octanol–water partition coefficient (Wildman–Crippen LogP) is 2.77. The molecule has 1 saturated heterocycles. The molecule has 1 aliphatic carbocycles. The second-order valence-corrected chi connectivity index (χ2v) is 6.14. The molecule has 0 atom stereocenters. The van der Waals surface area contributed by atoms with Gasteiger partial charge in [-0.05, 0) is 40.5 Å². The van der Waals surface area contributed by atoms with E-state index in [1.165, 1.54) is 0 Å². The van der Waals surface area contributed by atoms with Gasteiger partial charge in [-0.2, -0.15) is 5.26 Å². The number of hydrogen-bond donors (Lipinski definition) is 0. The SMILES string of the molecule is CC1(C)OB(CC2(C#N)CCC2)OC1(C)C. The Hall–Kier alpha value is -0.525. The van der Waals surface area contributed by atoms with Gasteiger partial charge < -0.3 is 9.31 Å². The van der Waals surface area contributed by atoms with Crippen molar-refractivity contribution in [2.75, 3.05) is 0 Å². The van der Waals surface area contributed by atoms with Crippen molar-refractivity contribution >= 4 is 7.12 Å². The van der Waals surface area contributed by atoms with E-state index in [1.807, 2.05) is 27.7 Å². The normalized spacial score (nSPS) is 29.6. The van der Waals surface area contributed by atoms with E-state index in [4.69, 9.17) is 9.31 Å². The number of nitrogens with zero attached hydrogens (tertiary/aromatic N) is 1. The molecule has 0 amide bonds. The molecule has 1 heterocycles. The molecule has 88 valence electrons. The molecule has 2 fully saturated rings. The van der Waals surface area contributed by atoms with Crippen molar-refractivity contribution < 1.29 is 9.31 Å². The van der Waals surface area contributed by atoms with Gasteiger partial charge in [0.1, 0.15) is 0 Å². The molecule has 1 saturated carbocycles. The van der Waals surface area contributed by atoms with E-state index in [-0.39, 0.29) is 23.7 Å². The van der Waals surface area contributed by atoms with E-state index < -0.39 is 0 Å². The molecule has 0 unspecified atom stereocenters. The number of hydrogen-bond acceptors (Lipinski definition) is 3. The average molecular weight is 221 g/mol. The minimum absolute atomic E-state index is 0.179. The Morgan fingerprint density at radius 1 is 1.12 bits per heavy atom. The molecule has 0 aromatic carbocycles. The summed E-state index contributed by atoms with van der Waals surface area (Å²) in [6.45, 7) is 8.19. The summed E-state index contributed by atoms with van der Waals surface area (Å²) < 4.78 is 11.8. The van der Waals surface area contributed by atoms with Gasteiger partial charge in [0.25, 0.3) is 0 Å². The van der Waals surface area contributed by atoms with Gasteiger partial charge in [-0.25, -0.2) is 0 Å². The fourth-order valence-corrected chi connectivity index (χ4v) is 2.33. The number of nitriles is 1. The highest BCUT2D eigenvalue weighted by molar-refractivity contribution is 6.45. The Kier molecular flexibility index (Phi) is 2.60. The fraction of sp³-hybridized carbons (Fsp3) is 0.917. The van der Waals surface area contributed by atoms with E-state index in [1.54, 1.807) is 0 Å². The highest BCUT2D eigenvalue weighted by atomic mass is 16.7. The zero-order chi connectivity index (χ0) is 12.0. The lowest BCUT2D eigenvalue weighted by Crippen LogP contribution is -2.41. The zero-order valence-corrected chi connectivity index (χ0v) is 10.7. The van der Waals surface area contributed by atoms with Crippen molar-refractivity contribution in [3.8, 4) is 6.07 Å². The fourth-order valence-electron chi connectivity index (χ4n) is 2.33. The lowest BCUT2D eigenvalue weighted by atomic mass is 9.58. The van der Waals surface area contributed by atoms with E-state index >= 15 is 0 Å².